The van der Waals surface area contributed by atoms with E-state index >= 15 is 0 Å². The van der Waals surface area contributed by atoms with E-state index in [1.54, 1.807) is 5.57 Å². The molecule has 0 aromatic heterocycles. The third-order valence-corrected chi connectivity index (χ3v) is 5.99. The summed E-state index contributed by atoms with van der Waals surface area (Å²) >= 11 is 0. The Bertz CT molecular complexity index is 668. The Morgan fingerprint density at radius 1 is 1.33 bits per heavy atom. The van der Waals surface area contributed by atoms with Gasteiger partial charge in [-0.05, 0) is 92.5 Å². The molecule has 1 N–H and O–H groups in total. The van der Waals surface area contributed by atoms with Crippen LogP contribution in [0.15, 0.2) is 18.2 Å². The molecule has 1 nitrogen and oxygen atoms in total. The average Bonchev–Trinajstić information content (AvgIpc) is 3.26. The molecule has 0 spiro atoms. The van der Waals surface area contributed by atoms with E-state index in [9.17, 15) is 5.11 Å². The minimum absolute atomic E-state index is 0.321. The van der Waals surface area contributed by atoms with Crippen LogP contribution in [0.5, 0.6) is 0 Å². The van der Waals surface area contributed by atoms with Crippen molar-refractivity contribution >= 4 is 12.2 Å². The summed E-state index contributed by atoms with van der Waals surface area (Å²) < 4.78 is 0. The second kappa shape index (κ2) is 6.52. The Balaban J connectivity index is 2.03. The molecule has 0 amide bonds. The molecule has 24 heavy (non-hydrogen) atoms. The molecule has 1 heteroatoms. The highest BCUT2D eigenvalue weighted by Crippen LogP contribution is 2.42. The molecule has 3 rings (SSSR count). The molecule has 0 radical (unpaired) electrons. The van der Waals surface area contributed by atoms with Gasteiger partial charge in [0.15, 0.2) is 0 Å². The van der Waals surface area contributed by atoms with Crippen molar-refractivity contribution in [2.45, 2.75) is 71.8 Å². The maximum atomic E-state index is 10.4. The first-order valence-electron chi connectivity index (χ1n) is 9.55. The van der Waals surface area contributed by atoms with Crippen molar-refractivity contribution in [3.8, 4) is 0 Å². The quantitative estimate of drug-likeness (QED) is 0.710. The molecule has 0 aliphatic heterocycles. The molecule has 2 aliphatic rings. The molecule has 1 unspecified atom stereocenters. The van der Waals surface area contributed by atoms with Gasteiger partial charge in [0, 0.05) is 0 Å². The van der Waals surface area contributed by atoms with Gasteiger partial charge < -0.3 is 5.11 Å². The highest BCUT2D eigenvalue weighted by Gasteiger charge is 2.34. The van der Waals surface area contributed by atoms with E-state index in [2.05, 4.69) is 32.6 Å². The molecule has 1 aromatic carbocycles. The lowest BCUT2D eigenvalue weighted by molar-refractivity contribution is 0.0214. The van der Waals surface area contributed by atoms with E-state index < -0.39 is 5.60 Å². The molecule has 0 bridgehead atoms. The molecule has 0 heterocycles. The Morgan fingerprint density at radius 2 is 2.04 bits per heavy atom. The van der Waals surface area contributed by atoms with Crippen molar-refractivity contribution < 1.29 is 5.11 Å². The van der Waals surface area contributed by atoms with E-state index in [1.807, 2.05) is 19.9 Å². The van der Waals surface area contributed by atoms with Gasteiger partial charge in [0.2, 0.25) is 0 Å². The van der Waals surface area contributed by atoms with E-state index in [1.165, 1.54) is 53.5 Å². The SMILES string of the molecule is C=Cc1cc2c(c(C)c1/C=C(\CCC)C1CC1)CC(C(C)(C)O)C2. The number of fused-ring (bicyclic) bond motifs is 1. The topological polar surface area (TPSA) is 20.2 Å². The second-order valence-corrected chi connectivity index (χ2v) is 8.35. The van der Waals surface area contributed by atoms with Crippen molar-refractivity contribution in [1.82, 2.24) is 0 Å². The lowest BCUT2D eigenvalue weighted by atomic mass is 9.88. The van der Waals surface area contributed by atoms with Crippen molar-refractivity contribution in [1.29, 1.82) is 0 Å². The summed E-state index contributed by atoms with van der Waals surface area (Å²) in [6.45, 7) is 12.5. The van der Waals surface area contributed by atoms with Crippen LogP contribution in [-0.2, 0) is 12.8 Å². The van der Waals surface area contributed by atoms with E-state index in [4.69, 9.17) is 0 Å². The summed E-state index contributed by atoms with van der Waals surface area (Å²) in [5.74, 6) is 1.14. The lowest BCUT2D eigenvalue weighted by Crippen LogP contribution is -2.31. The normalized spacial score (nSPS) is 21.0. The predicted octanol–water partition coefficient (Wildman–Crippen LogP) is 5.72. The van der Waals surface area contributed by atoms with Gasteiger partial charge >= 0.3 is 0 Å². The van der Waals surface area contributed by atoms with Gasteiger partial charge in [-0.2, -0.15) is 0 Å². The highest BCUT2D eigenvalue weighted by atomic mass is 16.3. The van der Waals surface area contributed by atoms with E-state index in [0.29, 0.717) is 5.92 Å². The van der Waals surface area contributed by atoms with Crippen molar-refractivity contribution in [2.75, 3.05) is 0 Å². The van der Waals surface area contributed by atoms with Crippen LogP contribution in [0.3, 0.4) is 0 Å². The Morgan fingerprint density at radius 3 is 2.58 bits per heavy atom. The summed E-state index contributed by atoms with van der Waals surface area (Å²) in [7, 11) is 0. The summed E-state index contributed by atoms with van der Waals surface area (Å²) in [6, 6.07) is 2.32. The van der Waals surface area contributed by atoms with Gasteiger partial charge in [-0.3, -0.25) is 0 Å². The Hall–Kier alpha value is -1.34. The molecule has 2 aliphatic carbocycles. The van der Waals surface area contributed by atoms with Crippen LogP contribution in [0, 0.1) is 18.8 Å². The average molecular weight is 325 g/mol. The van der Waals surface area contributed by atoms with Crippen LogP contribution in [0.25, 0.3) is 12.2 Å². The second-order valence-electron chi connectivity index (χ2n) is 8.35. The molecule has 1 aromatic rings. The van der Waals surface area contributed by atoms with Gasteiger partial charge in [-0.15, -0.1) is 0 Å². The van der Waals surface area contributed by atoms with Crippen LogP contribution < -0.4 is 0 Å². The van der Waals surface area contributed by atoms with Crippen LogP contribution in [0.4, 0.5) is 0 Å². The fourth-order valence-corrected chi connectivity index (χ4v) is 4.21. The first-order valence-corrected chi connectivity index (χ1v) is 9.55. The van der Waals surface area contributed by atoms with Gasteiger partial charge in [-0.25, -0.2) is 0 Å². The van der Waals surface area contributed by atoms with Gasteiger partial charge in [0.05, 0.1) is 5.60 Å². The lowest BCUT2D eigenvalue weighted by Gasteiger charge is -2.25. The number of benzene rings is 1. The Labute approximate surface area is 147 Å². The highest BCUT2D eigenvalue weighted by molar-refractivity contribution is 5.72. The first kappa shape index (κ1) is 17.5. The molecular formula is C23H32O. The molecule has 0 saturated heterocycles. The third-order valence-electron chi connectivity index (χ3n) is 5.99. The number of aliphatic hydroxyl groups is 1. The number of rotatable bonds is 6. The monoisotopic (exact) mass is 324 g/mol. The number of hydrogen-bond donors (Lipinski definition) is 1. The smallest absolute Gasteiger partial charge is 0.0626 e. The zero-order chi connectivity index (χ0) is 17.5. The van der Waals surface area contributed by atoms with Crippen molar-refractivity contribution in [3.05, 3.63) is 46.0 Å². The first-order chi connectivity index (χ1) is 11.3. The van der Waals surface area contributed by atoms with Crippen molar-refractivity contribution in [3.63, 3.8) is 0 Å². The standard InChI is InChI=1S/C23H32O/c1-6-8-18(17-9-10-17)13-21-15(3)22-14-20(23(4,5)24)12-19(22)11-16(21)7-2/h7,11,13,17,20,24H,2,6,8-10,12,14H2,1,3-5H3/b18-13+. The largest absolute Gasteiger partial charge is 0.390 e. The zero-order valence-electron chi connectivity index (χ0n) is 15.8. The maximum absolute atomic E-state index is 10.4. The van der Waals surface area contributed by atoms with E-state index in [0.717, 1.165) is 18.8 Å². The number of allylic oxidation sites excluding steroid dienone is 1. The molecular weight excluding hydrogens is 292 g/mol. The van der Waals surface area contributed by atoms with Gasteiger partial charge in [-0.1, -0.05) is 43.7 Å². The minimum atomic E-state index is -0.614. The minimum Gasteiger partial charge on any atom is -0.390 e. The maximum Gasteiger partial charge on any atom is 0.0626 e. The fraction of sp³-hybridized carbons (Fsp3) is 0.565. The van der Waals surface area contributed by atoms with Gasteiger partial charge in [0.25, 0.3) is 0 Å². The van der Waals surface area contributed by atoms with E-state index in [-0.39, 0.29) is 0 Å². The summed E-state index contributed by atoms with van der Waals surface area (Å²) in [5, 5.41) is 10.4. The fourth-order valence-electron chi connectivity index (χ4n) is 4.21. The van der Waals surface area contributed by atoms with Crippen LogP contribution in [0.1, 0.15) is 74.3 Å². The molecule has 130 valence electrons. The molecule has 1 saturated carbocycles. The number of hydrogen-bond acceptors (Lipinski definition) is 1. The molecule has 1 atom stereocenters. The van der Waals surface area contributed by atoms with Crippen LogP contribution in [-0.4, -0.2) is 10.7 Å². The van der Waals surface area contributed by atoms with Crippen LogP contribution in [0.2, 0.25) is 0 Å². The summed E-state index contributed by atoms with van der Waals surface area (Å²) in [4.78, 5) is 0. The summed E-state index contributed by atoms with van der Waals surface area (Å²) in [5.41, 5.74) is 7.93. The summed E-state index contributed by atoms with van der Waals surface area (Å²) in [6.07, 6.45) is 11.6. The third kappa shape index (κ3) is 3.37. The van der Waals surface area contributed by atoms with Gasteiger partial charge in [0.1, 0.15) is 0 Å². The Kier molecular flexibility index (Phi) is 4.75. The predicted molar refractivity (Wildman–Crippen MR) is 104 cm³/mol. The van der Waals surface area contributed by atoms with Crippen LogP contribution >= 0.6 is 0 Å². The molecule has 1 fully saturated rings. The zero-order valence-corrected chi connectivity index (χ0v) is 15.8. The van der Waals surface area contributed by atoms with Crippen molar-refractivity contribution in [2.24, 2.45) is 11.8 Å².